The standard InChI is InChI=1S/C10H11ClN2O2/c11-8-1-2-9(12-5-8)13-4-3-7(6-13)10(14)15/h1-2,5,7H,3-4,6H2,(H,14,15). The van der Waals surface area contributed by atoms with Crippen molar-refractivity contribution in [2.75, 3.05) is 18.0 Å². The van der Waals surface area contributed by atoms with Crippen molar-refractivity contribution in [1.29, 1.82) is 0 Å². The van der Waals surface area contributed by atoms with Crippen LogP contribution in [0.4, 0.5) is 5.82 Å². The minimum Gasteiger partial charge on any atom is -0.481 e. The largest absolute Gasteiger partial charge is 0.481 e. The molecule has 1 atom stereocenters. The maximum atomic E-state index is 10.8. The number of carboxylic acids is 1. The molecule has 2 heterocycles. The molecule has 1 unspecified atom stereocenters. The van der Waals surface area contributed by atoms with Crippen molar-refractivity contribution < 1.29 is 9.90 Å². The van der Waals surface area contributed by atoms with E-state index in [1.54, 1.807) is 12.3 Å². The number of carboxylic acid groups (broad SMARTS) is 1. The van der Waals surface area contributed by atoms with Crippen LogP contribution >= 0.6 is 11.6 Å². The van der Waals surface area contributed by atoms with Crippen LogP contribution in [0.25, 0.3) is 0 Å². The highest BCUT2D eigenvalue weighted by molar-refractivity contribution is 6.30. The quantitative estimate of drug-likeness (QED) is 0.833. The first-order valence-corrected chi connectivity index (χ1v) is 5.14. The van der Waals surface area contributed by atoms with Gasteiger partial charge >= 0.3 is 5.97 Å². The molecule has 15 heavy (non-hydrogen) atoms. The molecule has 1 aromatic heterocycles. The van der Waals surface area contributed by atoms with Gasteiger partial charge in [0.1, 0.15) is 5.82 Å². The summed E-state index contributed by atoms with van der Waals surface area (Å²) in [6.07, 6.45) is 2.25. The molecule has 1 fully saturated rings. The van der Waals surface area contributed by atoms with Gasteiger partial charge in [-0.25, -0.2) is 4.98 Å². The fraction of sp³-hybridized carbons (Fsp3) is 0.400. The van der Waals surface area contributed by atoms with Gasteiger partial charge in [0.05, 0.1) is 10.9 Å². The first-order valence-electron chi connectivity index (χ1n) is 4.76. The zero-order chi connectivity index (χ0) is 10.8. The average molecular weight is 227 g/mol. The summed E-state index contributed by atoms with van der Waals surface area (Å²) >= 11 is 5.72. The molecule has 4 nitrogen and oxygen atoms in total. The first kappa shape index (κ1) is 10.2. The van der Waals surface area contributed by atoms with E-state index in [2.05, 4.69) is 4.98 Å². The summed E-state index contributed by atoms with van der Waals surface area (Å²) < 4.78 is 0. The number of hydrogen-bond acceptors (Lipinski definition) is 3. The van der Waals surface area contributed by atoms with Crippen molar-refractivity contribution in [2.45, 2.75) is 6.42 Å². The lowest BCUT2D eigenvalue weighted by molar-refractivity contribution is -0.140. The van der Waals surface area contributed by atoms with E-state index in [1.165, 1.54) is 0 Å². The van der Waals surface area contributed by atoms with Crippen molar-refractivity contribution in [3.05, 3.63) is 23.4 Å². The second-order valence-electron chi connectivity index (χ2n) is 3.60. The highest BCUT2D eigenvalue weighted by atomic mass is 35.5. The number of rotatable bonds is 2. The minimum atomic E-state index is -0.730. The van der Waals surface area contributed by atoms with E-state index in [-0.39, 0.29) is 5.92 Å². The molecule has 1 aromatic rings. The molecule has 5 heteroatoms. The lowest BCUT2D eigenvalue weighted by Gasteiger charge is -2.16. The number of halogens is 1. The molecule has 0 spiro atoms. The monoisotopic (exact) mass is 226 g/mol. The van der Waals surface area contributed by atoms with Gasteiger partial charge in [-0.05, 0) is 18.6 Å². The molecule has 80 valence electrons. The Morgan fingerprint density at radius 3 is 2.93 bits per heavy atom. The number of pyridine rings is 1. The Hall–Kier alpha value is -1.29. The lowest BCUT2D eigenvalue weighted by Crippen LogP contribution is -2.23. The van der Waals surface area contributed by atoms with E-state index in [0.29, 0.717) is 18.0 Å². The van der Waals surface area contributed by atoms with Gasteiger partial charge in [0.15, 0.2) is 0 Å². The van der Waals surface area contributed by atoms with Gasteiger partial charge in [0.2, 0.25) is 0 Å². The van der Waals surface area contributed by atoms with Crippen LogP contribution in [-0.2, 0) is 4.79 Å². The summed E-state index contributed by atoms with van der Waals surface area (Å²) in [4.78, 5) is 16.9. The van der Waals surface area contributed by atoms with Crippen LogP contribution < -0.4 is 4.90 Å². The SMILES string of the molecule is O=C(O)C1CCN(c2ccc(Cl)cn2)C1. The number of nitrogens with zero attached hydrogens (tertiary/aromatic N) is 2. The Balaban J connectivity index is 2.07. The second kappa shape index (κ2) is 4.06. The lowest BCUT2D eigenvalue weighted by atomic mass is 10.1. The van der Waals surface area contributed by atoms with Gasteiger partial charge in [0.25, 0.3) is 0 Å². The van der Waals surface area contributed by atoms with Crippen molar-refractivity contribution in [3.8, 4) is 0 Å². The van der Waals surface area contributed by atoms with Crippen LogP contribution in [0.2, 0.25) is 5.02 Å². The molecule has 0 radical (unpaired) electrons. The predicted octanol–water partition coefficient (Wildman–Crippen LogP) is 1.65. The maximum Gasteiger partial charge on any atom is 0.308 e. The van der Waals surface area contributed by atoms with E-state index in [4.69, 9.17) is 16.7 Å². The first-order chi connectivity index (χ1) is 7.16. The molecule has 0 aromatic carbocycles. The van der Waals surface area contributed by atoms with E-state index >= 15 is 0 Å². The molecule has 0 saturated carbocycles. The van der Waals surface area contributed by atoms with Crippen molar-refractivity contribution >= 4 is 23.4 Å². The fourth-order valence-electron chi connectivity index (χ4n) is 1.72. The Bertz CT molecular complexity index is 366. The Kier molecular flexibility index (Phi) is 2.77. The molecule has 1 saturated heterocycles. The van der Waals surface area contributed by atoms with Crippen LogP contribution in [0.3, 0.4) is 0 Å². The average Bonchev–Trinajstić information content (AvgIpc) is 2.68. The Morgan fingerprint density at radius 2 is 2.40 bits per heavy atom. The zero-order valence-electron chi connectivity index (χ0n) is 8.06. The summed E-state index contributed by atoms with van der Waals surface area (Å²) in [5.74, 6) is -0.211. The number of aliphatic carboxylic acids is 1. The molecule has 1 N–H and O–H groups in total. The van der Waals surface area contributed by atoms with Gasteiger partial charge in [-0.3, -0.25) is 4.79 Å². The molecular formula is C10H11ClN2O2. The van der Waals surface area contributed by atoms with Crippen molar-refractivity contribution in [3.63, 3.8) is 0 Å². The van der Waals surface area contributed by atoms with Gasteiger partial charge < -0.3 is 10.0 Å². The summed E-state index contributed by atoms with van der Waals surface area (Å²) in [6, 6.07) is 3.57. The van der Waals surface area contributed by atoms with E-state index < -0.39 is 5.97 Å². The van der Waals surface area contributed by atoms with Gasteiger partial charge in [-0.15, -0.1) is 0 Å². The molecule has 1 aliphatic rings. The van der Waals surface area contributed by atoms with Gasteiger partial charge in [0, 0.05) is 19.3 Å². The van der Waals surface area contributed by atoms with Crippen LogP contribution in [-0.4, -0.2) is 29.1 Å². The third-order valence-corrected chi connectivity index (χ3v) is 2.80. The summed E-state index contributed by atoms with van der Waals surface area (Å²) in [7, 11) is 0. The zero-order valence-corrected chi connectivity index (χ0v) is 8.81. The third-order valence-electron chi connectivity index (χ3n) is 2.57. The van der Waals surface area contributed by atoms with E-state index in [0.717, 1.165) is 12.4 Å². The van der Waals surface area contributed by atoms with E-state index in [1.807, 2.05) is 11.0 Å². The molecule has 0 amide bonds. The fourth-order valence-corrected chi connectivity index (χ4v) is 1.84. The third kappa shape index (κ3) is 2.21. The summed E-state index contributed by atoms with van der Waals surface area (Å²) in [5, 5.41) is 9.44. The molecule has 2 rings (SSSR count). The van der Waals surface area contributed by atoms with Crippen LogP contribution in [0.15, 0.2) is 18.3 Å². The topological polar surface area (TPSA) is 53.4 Å². The molecular weight excluding hydrogens is 216 g/mol. The number of hydrogen-bond donors (Lipinski definition) is 1. The molecule has 0 bridgehead atoms. The smallest absolute Gasteiger partial charge is 0.308 e. The summed E-state index contributed by atoms with van der Waals surface area (Å²) in [5.41, 5.74) is 0. The Morgan fingerprint density at radius 1 is 1.60 bits per heavy atom. The molecule has 1 aliphatic heterocycles. The number of aromatic nitrogens is 1. The number of carbonyl (C=O) groups is 1. The normalized spacial score (nSPS) is 20.6. The number of anilines is 1. The maximum absolute atomic E-state index is 10.8. The second-order valence-corrected chi connectivity index (χ2v) is 4.04. The predicted molar refractivity (Wildman–Crippen MR) is 57.2 cm³/mol. The molecule has 0 aliphatic carbocycles. The highest BCUT2D eigenvalue weighted by Crippen LogP contribution is 2.22. The Labute approximate surface area is 92.5 Å². The van der Waals surface area contributed by atoms with Crippen molar-refractivity contribution in [2.24, 2.45) is 5.92 Å². The van der Waals surface area contributed by atoms with Crippen LogP contribution in [0.1, 0.15) is 6.42 Å². The van der Waals surface area contributed by atoms with Crippen LogP contribution in [0, 0.1) is 5.92 Å². The summed E-state index contributed by atoms with van der Waals surface area (Å²) in [6.45, 7) is 1.27. The van der Waals surface area contributed by atoms with Gasteiger partial charge in [-0.1, -0.05) is 11.6 Å². The van der Waals surface area contributed by atoms with Gasteiger partial charge in [-0.2, -0.15) is 0 Å². The van der Waals surface area contributed by atoms with Crippen LogP contribution in [0.5, 0.6) is 0 Å². The minimum absolute atomic E-state index is 0.275. The van der Waals surface area contributed by atoms with Crippen molar-refractivity contribution in [1.82, 2.24) is 4.98 Å². The van der Waals surface area contributed by atoms with E-state index in [9.17, 15) is 4.79 Å². The highest BCUT2D eigenvalue weighted by Gasteiger charge is 2.28.